The summed E-state index contributed by atoms with van der Waals surface area (Å²) >= 11 is 30.8. The molecule has 1 aromatic heterocycles. The molecule has 0 bridgehead atoms. The van der Waals surface area contributed by atoms with Crippen LogP contribution in [-0.2, 0) is 0 Å². The van der Waals surface area contributed by atoms with Crippen LogP contribution < -0.4 is 10.6 Å². The number of carbonyl (C=O) groups excluding carboxylic acids is 2. The highest BCUT2D eigenvalue weighted by atomic mass is 35.5. The molecule has 0 fully saturated rings. The van der Waals surface area contributed by atoms with Crippen LogP contribution in [0.5, 0.6) is 0 Å². The van der Waals surface area contributed by atoms with Gasteiger partial charge in [-0.05, 0) is 42.5 Å². The van der Waals surface area contributed by atoms with E-state index in [1.807, 2.05) is 5.32 Å². The average Bonchev–Trinajstić information content (AvgIpc) is 3.16. The van der Waals surface area contributed by atoms with Gasteiger partial charge in [-0.25, -0.2) is 13.9 Å². The van der Waals surface area contributed by atoms with Crippen LogP contribution in [-0.4, -0.2) is 26.9 Å². The summed E-state index contributed by atoms with van der Waals surface area (Å²) in [5.41, 5.74) is 1.12. The van der Waals surface area contributed by atoms with Crippen molar-refractivity contribution in [3.8, 4) is 5.69 Å². The summed E-state index contributed by atoms with van der Waals surface area (Å²) < 4.78 is 14.8. The normalized spacial score (nSPS) is 11.0. The number of carbonyl (C=O) groups is 2. The topological polar surface area (TPSA) is 88.9 Å². The summed E-state index contributed by atoms with van der Waals surface area (Å²) in [6.45, 7) is 0. The number of hydrogen-bond donors (Lipinski definition) is 2. The molecule has 3 aromatic carbocycles. The van der Waals surface area contributed by atoms with Gasteiger partial charge in [0, 0.05) is 5.69 Å². The van der Waals surface area contributed by atoms with Crippen LogP contribution in [0.25, 0.3) is 16.7 Å². The molecule has 0 saturated carbocycles. The highest BCUT2D eigenvalue weighted by Crippen LogP contribution is 2.36. The van der Waals surface area contributed by atoms with E-state index in [1.165, 1.54) is 22.9 Å². The number of nitrogens with zero attached hydrogens (tertiary/aromatic N) is 3. The Hall–Kier alpha value is -2.62. The highest BCUT2D eigenvalue weighted by Gasteiger charge is 2.19. The Balaban J connectivity index is 1.58. The second kappa shape index (κ2) is 9.32. The van der Waals surface area contributed by atoms with Gasteiger partial charge in [0.25, 0.3) is 5.91 Å². The third-order valence-corrected chi connectivity index (χ3v) is 6.10. The van der Waals surface area contributed by atoms with Gasteiger partial charge in [0.15, 0.2) is 0 Å². The van der Waals surface area contributed by atoms with Crippen molar-refractivity contribution < 1.29 is 14.0 Å². The van der Waals surface area contributed by atoms with Crippen molar-refractivity contribution in [2.75, 3.05) is 5.32 Å². The molecule has 4 rings (SSSR count). The highest BCUT2D eigenvalue weighted by molar-refractivity contribution is 6.45. The number of urea groups is 1. The van der Waals surface area contributed by atoms with Gasteiger partial charge in [0.05, 0.1) is 36.2 Å². The van der Waals surface area contributed by atoms with Gasteiger partial charge in [0.2, 0.25) is 0 Å². The lowest BCUT2D eigenvalue weighted by atomic mass is 10.2. The Kier molecular flexibility index (Phi) is 6.65. The first kappa shape index (κ1) is 23.5. The van der Waals surface area contributed by atoms with Gasteiger partial charge in [-0.2, -0.15) is 0 Å². The summed E-state index contributed by atoms with van der Waals surface area (Å²) in [5, 5.41) is 13.3. The Bertz CT molecular complexity index is 1420. The summed E-state index contributed by atoms with van der Waals surface area (Å²) in [6.07, 6.45) is 0. The molecule has 4 aromatic rings. The molecule has 13 heteroatoms. The molecule has 3 amide bonds. The van der Waals surface area contributed by atoms with E-state index in [-0.39, 0.29) is 37.0 Å². The molecule has 0 saturated heterocycles. The van der Waals surface area contributed by atoms with Gasteiger partial charge in [-0.15, -0.1) is 5.10 Å². The van der Waals surface area contributed by atoms with E-state index in [0.29, 0.717) is 16.1 Å². The molecule has 0 aliphatic carbocycles. The second-order valence-electron chi connectivity index (χ2n) is 6.55. The van der Waals surface area contributed by atoms with E-state index < -0.39 is 17.8 Å². The van der Waals surface area contributed by atoms with Gasteiger partial charge < -0.3 is 5.32 Å². The summed E-state index contributed by atoms with van der Waals surface area (Å²) in [7, 11) is 0. The Morgan fingerprint density at radius 3 is 2.24 bits per heavy atom. The zero-order chi connectivity index (χ0) is 23.9. The maximum absolute atomic E-state index is 13.4. The second-order valence-corrected chi connectivity index (χ2v) is 8.56. The number of imide groups is 1. The fourth-order valence-corrected chi connectivity index (χ4v) is 4.14. The van der Waals surface area contributed by atoms with E-state index in [2.05, 4.69) is 15.6 Å². The van der Waals surface area contributed by atoms with Crippen LogP contribution in [0.2, 0.25) is 25.1 Å². The number of amides is 3. The van der Waals surface area contributed by atoms with Crippen LogP contribution in [0.1, 0.15) is 10.4 Å². The molecular weight excluding hydrogens is 539 g/mol. The number of aromatic nitrogens is 3. The van der Waals surface area contributed by atoms with Crippen LogP contribution in [0, 0.1) is 5.82 Å². The maximum Gasteiger partial charge on any atom is 0.326 e. The van der Waals surface area contributed by atoms with Gasteiger partial charge >= 0.3 is 6.03 Å². The minimum atomic E-state index is -0.909. The SMILES string of the molecule is O=C(NC(=O)c1cc(F)ccc1Cl)Nc1cc(Cl)c(-n2nnc3c(Cl)c(Cl)ccc32)c(Cl)c1. The smallest absolute Gasteiger partial charge is 0.308 e. The molecule has 7 nitrogen and oxygen atoms in total. The lowest BCUT2D eigenvalue weighted by Crippen LogP contribution is -2.34. The summed E-state index contributed by atoms with van der Waals surface area (Å²) in [5.74, 6) is -1.57. The Labute approximate surface area is 210 Å². The number of rotatable bonds is 3. The van der Waals surface area contributed by atoms with Crippen molar-refractivity contribution in [3.63, 3.8) is 0 Å². The first-order valence-electron chi connectivity index (χ1n) is 8.92. The monoisotopic (exact) mass is 545 g/mol. The number of anilines is 1. The van der Waals surface area contributed by atoms with Gasteiger partial charge in [-0.3, -0.25) is 10.1 Å². The number of hydrogen-bond acceptors (Lipinski definition) is 4. The summed E-state index contributed by atoms with van der Waals surface area (Å²) in [6, 6.07) is 8.32. The molecule has 33 heavy (non-hydrogen) atoms. The van der Waals surface area contributed by atoms with E-state index in [9.17, 15) is 14.0 Å². The van der Waals surface area contributed by atoms with Gasteiger partial charge in [-0.1, -0.05) is 63.2 Å². The molecule has 0 aliphatic heterocycles. The molecule has 0 atom stereocenters. The fourth-order valence-electron chi connectivity index (χ4n) is 2.94. The Morgan fingerprint density at radius 2 is 1.55 bits per heavy atom. The van der Waals surface area contributed by atoms with Crippen LogP contribution in [0.4, 0.5) is 14.9 Å². The van der Waals surface area contributed by atoms with E-state index >= 15 is 0 Å². The van der Waals surface area contributed by atoms with Crippen molar-refractivity contribution in [3.05, 3.63) is 79.0 Å². The summed E-state index contributed by atoms with van der Waals surface area (Å²) in [4.78, 5) is 24.5. The van der Waals surface area contributed by atoms with Crippen molar-refractivity contribution >= 4 is 86.7 Å². The minimum Gasteiger partial charge on any atom is -0.308 e. The molecule has 0 aliphatic rings. The number of fused-ring (bicyclic) bond motifs is 1. The van der Waals surface area contributed by atoms with Crippen molar-refractivity contribution in [1.29, 1.82) is 0 Å². The van der Waals surface area contributed by atoms with Crippen molar-refractivity contribution in [2.45, 2.75) is 0 Å². The third kappa shape index (κ3) is 4.71. The first-order chi connectivity index (χ1) is 15.7. The molecule has 168 valence electrons. The maximum atomic E-state index is 13.4. The molecule has 0 radical (unpaired) electrons. The van der Waals surface area contributed by atoms with E-state index in [0.717, 1.165) is 12.1 Å². The van der Waals surface area contributed by atoms with Crippen LogP contribution in [0.15, 0.2) is 42.5 Å². The fraction of sp³-hybridized carbons (Fsp3) is 0. The molecular formula is C20H9Cl5FN5O2. The number of benzene rings is 3. The number of halogens is 6. The van der Waals surface area contributed by atoms with E-state index in [4.69, 9.17) is 58.0 Å². The zero-order valence-corrected chi connectivity index (χ0v) is 19.7. The minimum absolute atomic E-state index is 0.0152. The molecule has 2 N–H and O–H groups in total. The van der Waals surface area contributed by atoms with Crippen molar-refractivity contribution in [1.82, 2.24) is 20.3 Å². The van der Waals surface area contributed by atoms with E-state index in [1.54, 1.807) is 12.1 Å². The van der Waals surface area contributed by atoms with Crippen LogP contribution in [0.3, 0.4) is 0 Å². The first-order valence-corrected chi connectivity index (χ1v) is 10.8. The van der Waals surface area contributed by atoms with Crippen molar-refractivity contribution in [2.24, 2.45) is 0 Å². The standard InChI is InChI=1S/C20H9Cl5FN5O2/c21-11-2-1-8(26)5-10(11)19(32)28-20(33)27-9-6-13(23)18(14(24)7-9)31-15-4-3-12(22)16(25)17(15)29-30-31/h1-7H,(H2,27,28,32,33). The largest absolute Gasteiger partial charge is 0.326 e. The van der Waals surface area contributed by atoms with Gasteiger partial charge in [0.1, 0.15) is 17.0 Å². The molecule has 0 spiro atoms. The quantitative estimate of drug-likeness (QED) is 0.296. The average molecular weight is 548 g/mol. The Morgan fingerprint density at radius 1 is 0.879 bits per heavy atom. The third-order valence-electron chi connectivity index (χ3n) is 4.40. The lowest BCUT2D eigenvalue weighted by molar-refractivity contribution is 0.0967. The van der Waals surface area contributed by atoms with Crippen LogP contribution >= 0.6 is 58.0 Å². The predicted molar refractivity (Wildman–Crippen MR) is 127 cm³/mol. The zero-order valence-electron chi connectivity index (χ0n) is 16.0. The lowest BCUT2D eigenvalue weighted by Gasteiger charge is -2.12. The molecule has 0 unspecified atom stereocenters. The predicted octanol–water partition coefficient (Wildman–Crippen LogP) is 6.79. The molecule has 1 heterocycles. The number of nitrogens with one attached hydrogen (secondary N) is 2.